The van der Waals surface area contributed by atoms with E-state index < -0.39 is 5.60 Å². The number of nitrogens with one attached hydrogen (secondary N) is 1. The molecule has 23 heavy (non-hydrogen) atoms. The van der Waals surface area contributed by atoms with Gasteiger partial charge >= 0.3 is 0 Å². The molecule has 0 spiro atoms. The minimum absolute atomic E-state index is 0.197. The van der Waals surface area contributed by atoms with E-state index in [1.165, 1.54) is 0 Å². The molecule has 7 nitrogen and oxygen atoms in total. The smallest absolute Gasteiger partial charge is 0.290 e. The lowest BCUT2D eigenvalue weighted by atomic mass is 9.95. The van der Waals surface area contributed by atoms with Gasteiger partial charge in [0.2, 0.25) is 5.76 Å². The zero-order chi connectivity index (χ0) is 16.3. The number of aryl methyl sites for hydroxylation is 1. The van der Waals surface area contributed by atoms with Crippen LogP contribution in [0.1, 0.15) is 53.8 Å². The van der Waals surface area contributed by atoms with Crippen molar-refractivity contribution in [1.29, 1.82) is 0 Å². The number of hydrogen-bond acceptors (Lipinski definition) is 6. The van der Waals surface area contributed by atoms with Gasteiger partial charge in [0.15, 0.2) is 5.82 Å². The van der Waals surface area contributed by atoms with Crippen molar-refractivity contribution in [3.63, 3.8) is 0 Å². The maximum atomic E-state index is 11.9. The maximum Gasteiger partial charge on any atom is 0.290 e. The van der Waals surface area contributed by atoms with Crippen LogP contribution in [0.3, 0.4) is 0 Å². The molecule has 1 saturated heterocycles. The molecular formula is C16H20N4O3. The molecule has 0 bridgehead atoms. The summed E-state index contributed by atoms with van der Waals surface area (Å²) >= 11 is 0. The second-order valence-electron chi connectivity index (χ2n) is 5.97. The first-order chi connectivity index (χ1) is 11.1. The molecule has 1 atom stereocenters. The van der Waals surface area contributed by atoms with E-state index in [0.29, 0.717) is 18.1 Å². The van der Waals surface area contributed by atoms with E-state index >= 15 is 0 Å². The maximum absolute atomic E-state index is 11.9. The van der Waals surface area contributed by atoms with E-state index in [9.17, 15) is 4.79 Å². The molecule has 122 valence electrons. The lowest BCUT2D eigenvalue weighted by Crippen LogP contribution is -2.32. The highest BCUT2D eigenvalue weighted by Crippen LogP contribution is 2.32. The fourth-order valence-electron chi connectivity index (χ4n) is 2.57. The Bertz CT molecular complexity index is 675. The summed E-state index contributed by atoms with van der Waals surface area (Å²) in [4.78, 5) is 20.7. The highest BCUT2D eigenvalue weighted by Gasteiger charge is 2.32. The second-order valence-corrected chi connectivity index (χ2v) is 5.97. The summed E-state index contributed by atoms with van der Waals surface area (Å²) in [5.41, 5.74) is 1.08. The Morgan fingerprint density at radius 2 is 2.13 bits per heavy atom. The van der Waals surface area contributed by atoms with Gasteiger partial charge in [0, 0.05) is 37.2 Å². The van der Waals surface area contributed by atoms with Crippen molar-refractivity contribution in [3.8, 4) is 0 Å². The number of nitrogens with zero attached hydrogens (tertiary/aromatic N) is 3. The van der Waals surface area contributed by atoms with E-state index in [0.717, 1.165) is 31.4 Å². The Morgan fingerprint density at radius 1 is 1.35 bits per heavy atom. The summed E-state index contributed by atoms with van der Waals surface area (Å²) in [5.74, 6) is 0.582. The van der Waals surface area contributed by atoms with Crippen LogP contribution in [-0.4, -0.2) is 27.6 Å². The molecule has 2 aromatic rings. The molecule has 1 N–H and O–H groups in total. The topological polar surface area (TPSA) is 90.1 Å². The van der Waals surface area contributed by atoms with Gasteiger partial charge in [0.1, 0.15) is 5.60 Å². The highest BCUT2D eigenvalue weighted by molar-refractivity contribution is 5.91. The van der Waals surface area contributed by atoms with Crippen molar-refractivity contribution in [2.24, 2.45) is 0 Å². The van der Waals surface area contributed by atoms with Gasteiger partial charge in [0.25, 0.3) is 5.91 Å². The number of carbonyl (C=O) groups excluding carboxylic acids is 1. The van der Waals surface area contributed by atoms with Crippen LogP contribution in [0.25, 0.3) is 0 Å². The van der Waals surface area contributed by atoms with Crippen LogP contribution in [0.2, 0.25) is 0 Å². The monoisotopic (exact) mass is 316 g/mol. The average Bonchev–Trinajstić information content (AvgIpc) is 3.00. The standard InChI is InChI=1S/C16H20N4O3/c1-11-7-13(23-20-11)14(21)17-8-12-9-18-15(19-10-12)16(2)5-3-4-6-22-16/h7,9-10H,3-6,8H2,1-2H3,(H,17,21). The van der Waals surface area contributed by atoms with Gasteiger partial charge in [-0.25, -0.2) is 9.97 Å². The van der Waals surface area contributed by atoms with Crippen molar-refractivity contribution in [2.75, 3.05) is 6.61 Å². The molecule has 1 amide bonds. The number of carbonyl (C=O) groups is 1. The van der Waals surface area contributed by atoms with Crippen LogP contribution < -0.4 is 5.32 Å². The number of aromatic nitrogens is 3. The quantitative estimate of drug-likeness (QED) is 0.929. The Morgan fingerprint density at radius 3 is 2.74 bits per heavy atom. The van der Waals surface area contributed by atoms with Gasteiger partial charge in [-0.1, -0.05) is 5.16 Å². The molecule has 0 radical (unpaired) electrons. The van der Waals surface area contributed by atoms with Gasteiger partial charge in [-0.15, -0.1) is 0 Å². The number of amides is 1. The van der Waals surface area contributed by atoms with Gasteiger partial charge in [0.05, 0.1) is 5.69 Å². The third-order valence-corrected chi connectivity index (χ3v) is 3.95. The van der Waals surface area contributed by atoms with Crippen molar-refractivity contribution >= 4 is 5.91 Å². The van der Waals surface area contributed by atoms with Crippen molar-refractivity contribution in [3.05, 3.63) is 41.3 Å². The second kappa shape index (κ2) is 6.45. The Kier molecular flexibility index (Phi) is 4.38. The largest absolute Gasteiger partial charge is 0.367 e. The molecule has 1 unspecified atom stereocenters. The fraction of sp³-hybridized carbons (Fsp3) is 0.500. The molecule has 2 aromatic heterocycles. The Hall–Kier alpha value is -2.28. The average molecular weight is 316 g/mol. The van der Waals surface area contributed by atoms with Crippen LogP contribution in [0.15, 0.2) is 23.0 Å². The normalized spacial score (nSPS) is 21.1. The summed E-state index contributed by atoms with van der Waals surface area (Å²) < 4.78 is 10.8. The Balaban J connectivity index is 1.60. The molecule has 3 heterocycles. The van der Waals surface area contributed by atoms with Crippen molar-refractivity contribution in [2.45, 2.75) is 45.3 Å². The van der Waals surface area contributed by atoms with Crippen LogP contribution in [0, 0.1) is 6.92 Å². The summed E-state index contributed by atoms with van der Waals surface area (Å²) in [6.45, 7) is 4.86. The molecule has 0 saturated carbocycles. The van der Waals surface area contributed by atoms with E-state index in [1.54, 1.807) is 25.4 Å². The van der Waals surface area contributed by atoms with E-state index in [1.807, 2.05) is 6.92 Å². The first-order valence-electron chi connectivity index (χ1n) is 7.74. The summed E-state index contributed by atoms with van der Waals surface area (Å²) in [6, 6.07) is 1.59. The fourth-order valence-corrected chi connectivity index (χ4v) is 2.57. The SMILES string of the molecule is Cc1cc(C(=O)NCc2cnc(C3(C)CCCCO3)nc2)on1. The molecule has 0 aromatic carbocycles. The first kappa shape index (κ1) is 15.6. The summed E-state index contributed by atoms with van der Waals surface area (Å²) in [5, 5.41) is 6.44. The van der Waals surface area contributed by atoms with Crippen LogP contribution >= 0.6 is 0 Å². The van der Waals surface area contributed by atoms with Crippen molar-refractivity contribution < 1.29 is 14.1 Å². The number of hydrogen-bond donors (Lipinski definition) is 1. The molecule has 7 heteroatoms. The van der Waals surface area contributed by atoms with E-state index in [-0.39, 0.29) is 11.7 Å². The number of ether oxygens (including phenoxy) is 1. The predicted octanol–water partition coefficient (Wildman–Crippen LogP) is 2.12. The van der Waals surface area contributed by atoms with Gasteiger partial charge in [-0.3, -0.25) is 4.79 Å². The molecule has 1 aliphatic rings. The summed E-state index contributed by atoms with van der Waals surface area (Å²) in [7, 11) is 0. The van der Waals surface area contributed by atoms with Crippen LogP contribution in [0.5, 0.6) is 0 Å². The minimum Gasteiger partial charge on any atom is -0.367 e. The van der Waals surface area contributed by atoms with Gasteiger partial charge in [-0.2, -0.15) is 0 Å². The minimum atomic E-state index is -0.405. The molecular weight excluding hydrogens is 296 g/mol. The zero-order valence-corrected chi connectivity index (χ0v) is 13.3. The third-order valence-electron chi connectivity index (χ3n) is 3.95. The van der Waals surface area contributed by atoms with Gasteiger partial charge < -0.3 is 14.6 Å². The van der Waals surface area contributed by atoms with E-state index in [4.69, 9.17) is 9.26 Å². The molecule has 1 aliphatic heterocycles. The zero-order valence-electron chi connectivity index (χ0n) is 13.3. The lowest BCUT2D eigenvalue weighted by molar-refractivity contribution is -0.0760. The van der Waals surface area contributed by atoms with Crippen LogP contribution in [0.4, 0.5) is 0 Å². The van der Waals surface area contributed by atoms with Crippen LogP contribution in [-0.2, 0) is 16.9 Å². The predicted molar refractivity (Wildman–Crippen MR) is 81.6 cm³/mol. The lowest BCUT2D eigenvalue weighted by Gasteiger charge is -2.32. The third kappa shape index (κ3) is 3.56. The van der Waals surface area contributed by atoms with Gasteiger partial charge in [-0.05, 0) is 33.1 Å². The molecule has 3 rings (SSSR count). The van der Waals surface area contributed by atoms with E-state index in [2.05, 4.69) is 20.4 Å². The van der Waals surface area contributed by atoms with Crippen molar-refractivity contribution in [1.82, 2.24) is 20.4 Å². The highest BCUT2D eigenvalue weighted by atomic mass is 16.5. The molecule has 0 aliphatic carbocycles. The Labute approximate surface area is 134 Å². The first-order valence-corrected chi connectivity index (χ1v) is 7.74. The summed E-state index contributed by atoms with van der Waals surface area (Å²) in [6.07, 6.45) is 6.57. The number of rotatable bonds is 4. The molecule has 1 fully saturated rings.